The van der Waals surface area contributed by atoms with Crippen LogP contribution in [0, 0.1) is 3.70 Å². The summed E-state index contributed by atoms with van der Waals surface area (Å²) in [7, 11) is 0. The molecule has 1 aromatic heterocycles. The van der Waals surface area contributed by atoms with Gasteiger partial charge < -0.3 is 4.74 Å². The first-order valence-electron chi connectivity index (χ1n) is 3.07. The smallest absolute Gasteiger partial charge is 0.404 e. The van der Waals surface area contributed by atoms with Gasteiger partial charge in [0.15, 0.2) is 0 Å². The molecular weight excluding hydrogens is 446 g/mol. The molecule has 0 aliphatic carbocycles. The molecule has 0 bridgehead atoms. The predicted octanol–water partition coefficient (Wildman–Crippen LogP) is 4.11. The summed E-state index contributed by atoms with van der Waals surface area (Å²) in [5.41, 5.74) is 0. The molecule has 0 aromatic carbocycles. The lowest BCUT2D eigenvalue weighted by atomic mass is 10.5. The Balaban J connectivity index is 3.09. The molecule has 0 N–H and O–H groups in total. The Bertz CT molecular complexity index is 358. The van der Waals surface area contributed by atoms with Crippen LogP contribution in [0.5, 0.6) is 5.75 Å². The van der Waals surface area contributed by atoms with Gasteiger partial charge in [0.1, 0.15) is 14.1 Å². The van der Waals surface area contributed by atoms with E-state index in [4.69, 9.17) is 0 Å². The fourth-order valence-electron chi connectivity index (χ4n) is 0.647. The minimum atomic E-state index is -4.70. The zero-order valence-corrected chi connectivity index (χ0v) is 11.5. The number of aromatic nitrogens is 1. The van der Waals surface area contributed by atoms with Crippen molar-refractivity contribution in [2.75, 3.05) is 0 Å². The van der Waals surface area contributed by atoms with Crippen molar-refractivity contribution in [1.82, 2.24) is 4.98 Å². The van der Waals surface area contributed by atoms with Crippen molar-refractivity contribution in [2.45, 2.75) is 6.36 Å². The molecule has 0 aliphatic rings. The van der Waals surface area contributed by atoms with Gasteiger partial charge in [-0.15, -0.1) is 13.2 Å². The molecule has 0 unspecified atom stereocenters. The summed E-state index contributed by atoms with van der Waals surface area (Å²) in [6.07, 6.45) is -4.70. The van der Waals surface area contributed by atoms with Gasteiger partial charge in [0.2, 0.25) is 0 Å². The number of pyridine rings is 1. The van der Waals surface area contributed by atoms with E-state index >= 15 is 0 Å². The summed E-state index contributed by atoms with van der Waals surface area (Å²) in [6, 6.07) is 1.18. The molecule has 14 heavy (non-hydrogen) atoms. The van der Waals surface area contributed by atoms with Crippen LogP contribution in [0.2, 0.25) is 0 Å². The second-order valence-electron chi connectivity index (χ2n) is 2.10. The van der Waals surface area contributed by atoms with Crippen molar-refractivity contribution in [3.63, 3.8) is 0 Å². The fourth-order valence-corrected chi connectivity index (χ4v) is 2.17. The quantitative estimate of drug-likeness (QED) is 0.478. The maximum atomic E-state index is 11.9. The Morgan fingerprint density at radius 2 is 1.93 bits per heavy atom. The predicted molar refractivity (Wildman–Crippen MR) is 59.0 cm³/mol. The van der Waals surface area contributed by atoms with E-state index in [2.05, 4.69) is 41.6 Å². The third kappa shape index (κ3) is 3.54. The molecule has 1 rings (SSSR count). The molecule has 0 amide bonds. The van der Waals surface area contributed by atoms with Crippen molar-refractivity contribution in [3.05, 3.63) is 18.8 Å². The maximum absolute atomic E-state index is 11.9. The number of rotatable bonds is 1. The van der Waals surface area contributed by atoms with Crippen LogP contribution in [0.1, 0.15) is 0 Å². The van der Waals surface area contributed by atoms with Gasteiger partial charge in [0.05, 0.1) is 4.47 Å². The Kier molecular flexibility index (Phi) is 4.03. The Morgan fingerprint density at radius 3 is 2.43 bits per heavy atom. The van der Waals surface area contributed by atoms with E-state index in [0.717, 1.165) is 0 Å². The van der Waals surface area contributed by atoms with E-state index in [9.17, 15) is 13.2 Å². The Labute approximate surface area is 108 Å². The molecule has 0 fully saturated rings. The molecule has 8 heteroatoms. The Morgan fingerprint density at radius 1 is 1.36 bits per heavy atom. The van der Waals surface area contributed by atoms with Gasteiger partial charge in [-0.1, -0.05) is 0 Å². The van der Waals surface area contributed by atoms with Gasteiger partial charge >= 0.3 is 6.36 Å². The van der Waals surface area contributed by atoms with Crippen LogP contribution in [0.25, 0.3) is 0 Å². The second kappa shape index (κ2) is 4.52. The van der Waals surface area contributed by atoms with E-state index in [0.29, 0.717) is 3.70 Å². The highest BCUT2D eigenvalue weighted by molar-refractivity contribution is 14.1. The van der Waals surface area contributed by atoms with Crippen LogP contribution in [-0.4, -0.2) is 11.3 Å². The molecule has 0 aliphatic heterocycles. The maximum Gasteiger partial charge on any atom is 0.573 e. The monoisotopic (exact) mass is 445 g/mol. The molecule has 0 saturated carbocycles. The molecule has 0 radical (unpaired) electrons. The second-order valence-corrected chi connectivity index (χ2v) is 4.75. The average Bonchev–Trinajstić information content (AvgIpc) is 1.96. The average molecular weight is 447 g/mol. The normalized spacial score (nSPS) is 11.6. The van der Waals surface area contributed by atoms with Crippen molar-refractivity contribution in [2.24, 2.45) is 0 Å². The molecule has 0 spiro atoms. The number of halogens is 6. The van der Waals surface area contributed by atoms with Crippen LogP contribution in [0.4, 0.5) is 13.2 Å². The molecule has 0 saturated heterocycles. The largest absolute Gasteiger partial charge is 0.573 e. The van der Waals surface area contributed by atoms with E-state index in [1.54, 1.807) is 22.6 Å². The molecule has 1 aromatic rings. The van der Waals surface area contributed by atoms with E-state index < -0.39 is 6.36 Å². The molecule has 0 atom stereocenters. The summed E-state index contributed by atoms with van der Waals surface area (Å²) in [5.74, 6) is -0.316. The van der Waals surface area contributed by atoms with Crippen LogP contribution in [0.15, 0.2) is 15.1 Å². The van der Waals surface area contributed by atoms with Crippen molar-refractivity contribution in [3.8, 4) is 5.75 Å². The SMILES string of the molecule is FC(F)(F)Oc1cc(I)nc(Br)c1Br. The highest BCUT2D eigenvalue weighted by Crippen LogP contribution is 2.35. The molecular formula is C6HBr2F3INO. The third-order valence-corrected chi connectivity index (χ3v) is 3.50. The summed E-state index contributed by atoms with van der Waals surface area (Å²) in [4.78, 5) is 3.87. The topological polar surface area (TPSA) is 22.1 Å². The zero-order chi connectivity index (χ0) is 10.9. The van der Waals surface area contributed by atoms with E-state index in [1.165, 1.54) is 6.07 Å². The van der Waals surface area contributed by atoms with Gasteiger partial charge in [-0.2, -0.15) is 0 Å². The first kappa shape index (κ1) is 12.5. The van der Waals surface area contributed by atoms with E-state index in [1.807, 2.05) is 0 Å². The summed E-state index contributed by atoms with van der Waals surface area (Å²) >= 11 is 7.71. The summed E-state index contributed by atoms with van der Waals surface area (Å²) in [6.45, 7) is 0. The summed E-state index contributed by atoms with van der Waals surface area (Å²) in [5, 5.41) is 0. The van der Waals surface area contributed by atoms with Crippen LogP contribution >= 0.6 is 54.5 Å². The minimum Gasteiger partial charge on any atom is -0.404 e. The van der Waals surface area contributed by atoms with Gasteiger partial charge in [-0.3, -0.25) is 0 Å². The first-order chi connectivity index (χ1) is 6.29. The zero-order valence-electron chi connectivity index (χ0n) is 6.20. The lowest BCUT2D eigenvalue weighted by Crippen LogP contribution is -2.17. The van der Waals surface area contributed by atoms with Crippen LogP contribution in [-0.2, 0) is 0 Å². The number of ether oxygens (including phenoxy) is 1. The van der Waals surface area contributed by atoms with Gasteiger partial charge in [0.25, 0.3) is 0 Å². The van der Waals surface area contributed by atoms with Crippen LogP contribution in [0.3, 0.4) is 0 Å². The fraction of sp³-hybridized carbons (Fsp3) is 0.167. The first-order valence-corrected chi connectivity index (χ1v) is 5.73. The lowest BCUT2D eigenvalue weighted by Gasteiger charge is -2.11. The third-order valence-electron chi connectivity index (χ3n) is 1.08. The highest BCUT2D eigenvalue weighted by atomic mass is 127. The molecule has 2 nitrogen and oxygen atoms in total. The standard InChI is InChI=1S/C6HBr2F3INO/c7-4-2(14-6(9,10)11)1-3(12)13-5(4)8/h1H. The van der Waals surface area contributed by atoms with Crippen molar-refractivity contribution >= 4 is 54.5 Å². The summed E-state index contributed by atoms with van der Waals surface area (Å²) < 4.78 is 40.3. The van der Waals surface area contributed by atoms with Gasteiger partial charge in [-0.25, -0.2) is 4.98 Å². The Hall–Kier alpha value is 0.430. The number of hydrogen-bond donors (Lipinski definition) is 0. The van der Waals surface area contributed by atoms with E-state index in [-0.39, 0.29) is 14.8 Å². The van der Waals surface area contributed by atoms with Crippen molar-refractivity contribution < 1.29 is 17.9 Å². The number of hydrogen-bond acceptors (Lipinski definition) is 2. The molecule has 1 heterocycles. The number of alkyl halides is 3. The minimum absolute atomic E-state index is 0.134. The van der Waals surface area contributed by atoms with Gasteiger partial charge in [0, 0.05) is 6.07 Å². The van der Waals surface area contributed by atoms with Crippen molar-refractivity contribution in [1.29, 1.82) is 0 Å². The highest BCUT2D eigenvalue weighted by Gasteiger charge is 2.32. The number of nitrogens with zero attached hydrogens (tertiary/aromatic N) is 1. The van der Waals surface area contributed by atoms with Gasteiger partial charge in [-0.05, 0) is 54.5 Å². The molecule has 78 valence electrons. The lowest BCUT2D eigenvalue weighted by molar-refractivity contribution is -0.275. The van der Waals surface area contributed by atoms with Crippen LogP contribution < -0.4 is 4.74 Å².